The van der Waals surface area contributed by atoms with Crippen molar-refractivity contribution in [3.8, 4) is 0 Å². The summed E-state index contributed by atoms with van der Waals surface area (Å²) < 4.78 is 1.07. The van der Waals surface area contributed by atoms with E-state index < -0.39 is 0 Å². The highest BCUT2D eigenvalue weighted by Gasteiger charge is 2.23. The quantitative estimate of drug-likeness (QED) is 0.827. The largest absolute Gasteiger partial charge is 0.316 e. The van der Waals surface area contributed by atoms with Crippen LogP contribution in [0.3, 0.4) is 0 Å². The molecule has 1 rings (SSSR count). The summed E-state index contributed by atoms with van der Waals surface area (Å²) in [6, 6.07) is 0.492. The van der Waals surface area contributed by atoms with Crippen molar-refractivity contribution in [2.45, 2.75) is 38.1 Å². The van der Waals surface area contributed by atoms with Crippen molar-refractivity contribution in [3.05, 3.63) is 5.01 Å². The maximum Gasteiger partial charge on any atom is 0.174 e. The van der Waals surface area contributed by atoms with E-state index in [9.17, 15) is 0 Å². The summed E-state index contributed by atoms with van der Waals surface area (Å²) >= 11 is 3.45. The molecule has 3 nitrogen and oxygen atoms in total. The molecule has 5 heteroatoms. The van der Waals surface area contributed by atoms with Crippen LogP contribution in [0.25, 0.3) is 0 Å². The van der Waals surface area contributed by atoms with Crippen LogP contribution >= 0.6 is 23.1 Å². The first-order valence-corrected chi connectivity index (χ1v) is 6.84. The Hall–Kier alpha value is -0.130. The van der Waals surface area contributed by atoms with Gasteiger partial charge in [0.05, 0.1) is 0 Å². The molecule has 1 heterocycles. The summed E-state index contributed by atoms with van der Waals surface area (Å²) in [4.78, 5) is 0. The van der Waals surface area contributed by atoms with Crippen molar-refractivity contribution in [1.29, 1.82) is 0 Å². The van der Waals surface area contributed by atoms with Crippen molar-refractivity contribution >= 4 is 23.1 Å². The van der Waals surface area contributed by atoms with Gasteiger partial charge in [-0.25, -0.2) is 0 Å². The lowest BCUT2D eigenvalue weighted by molar-refractivity contribution is 0.305. The molecule has 0 aromatic carbocycles. The summed E-state index contributed by atoms with van der Waals surface area (Å²) in [6.45, 7) is 8.74. The van der Waals surface area contributed by atoms with Crippen LogP contribution in [0.15, 0.2) is 4.34 Å². The maximum absolute atomic E-state index is 4.11. The van der Waals surface area contributed by atoms with Gasteiger partial charge >= 0.3 is 0 Å². The summed E-state index contributed by atoms with van der Waals surface area (Å²) in [5.41, 5.74) is 0.279. The Balaban J connectivity index is 2.48. The highest BCUT2D eigenvalue weighted by Crippen LogP contribution is 2.27. The van der Waals surface area contributed by atoms with E-state index in [1.165, 1.54) is 0 Å². The zero-order valence-corrected chi connectivity index (χ0v) is 11.6. The minimum Gasteiger partial charge on any atom is -0.316 e. The lowest BCUT2D eigenvalue weighted by atomic mass is 9.88. The van der Waals surface area contributed by atoms with Gasteiger partial charge in [-0.3, -0.25) is 0 Å². The van der Waals surface area contributed by atoms with E-state index in [0.717, 1.165) is 15.1 Å². The molecule has 15 heavy (non-hydrogen) atoms. The van der Waals surface area contributed by atoms with E-state index in [1.54, 1.807) is 23.1 Å². The maximum atomic E-state index is 4.11. The molecule has 1 unspecified atom stereocenters. The van der Waals surface area contributed by atoms with Gasteiger partial charge in [0.2, 0.25) is 0 Å². The van der Waals surface area contributed by atoms with Crippen molar-refractivity contribution in [1.82, 2.24) is 15.5 Å². The molecule has 1 aromatic rings. The number of nitrogens with zero attached hydrogens (tertiary/aromatic N) is 2. The van der Waals surface area contributed by atoms with Gasteiger partial charge in [0, 0.05) is 11.8 Å². The van der Waals surface area contributed by atoms with E-state index in [4.69, 9.17) is 0 Å². The van der Waals surface area contributed by atoms with Gasteiger partial charge in [0.1, 0.15) is 5.01 Å². The predicted molar refractivity (Wildman–Crippen MR) is 67.7 cm³/mol. The Morgan fingerprint density at radius 2 is 2.07 bits per heavy atom. The normalized spacial score (nSPS) is 14.2. The third kappa shape index (κ3) is 4.09. The molecule has 1 atom stereocenters. The Labute approximate surface area is 100 Å². The van der Waals surface area contributed by atoms with Crippen molar-refractivity contribution < 1.29 is 0 Å². The van der Waals surface area contributed by atoms with Crippen LogP contribution < -0.4 is 5.32 Å². The average molecular weight is 245 g/mol. The molecule has 0 aliphatic rings. The topological polar surface area (TPSA) is 37.8 Å². The molecule has 1 aromatic heterocycles. The molecule has 1 N–H and O–H groups in total. The third-order valence-electron chi connectivity index (χ3n) is 2.27. The molecule has 0 radical (unpaired) electrons. The molecule has 0 saturated heterocycles. The van der Waals surface area contributed by atoms with E-state index in [0.29, 0.717) is 6.04 Å². The van der Waals surface area contributed by atoms with E-state index >= 15 is 0 Å². The lowest BCUT2D eigenvalue weighted by Crippen LogP contribution is -2.40. The monoisotopic (exact) mass is 245 g/mol. The summed E-state index contributed by atoms with van der Waals surface area (Å²) in [5.74, 6) is 1.04. The molecule has 0 spiro atoms. The van der Waals surface area contributed by atoms with Gasteiger partial charge in [0.15, 0.2) is 4.34 Å². The van der Waals surface area contributed by atoms with Gasteiger partial charge in [-0.2, -0.15) is 0 Å². The summed E-state index contributed by atoms with van der Waals surface area (Å²) in [5, 5.41) is 12.5. The second kappa shape index (κ2) is 5.27. The number of hydrogen-bond acceptors (Lipinski definition) is 5. The lowest BCUT2D eigenvalue weighted by Gasteiger charge is -2.29. The first-order chi connectivity index (χ1) is 6.93. The number of nitrogens with one attached hydrogen (secondary N) is 1. The molecular formula is C10H19N3S2. The average Bonchev–Trinajstić information content (AvgIpc) is 2.50. The van der Waals surface area contributed by atoms with Gasteiger partial charge in [-0.15, -0.1) is 10.2 Å². The second-order valence-corrected chi connectivity index (χ2v) is 7.05. The third-order valence-corrected chi connectivity index (χ3v) is 4.34. The zero-order valence-electron chi connectivity index (χ0n) is 10.00. The molecule has 0 bridgehead atoms. The molecule has 0 saturated carbocycles. The van der Waals surface area contributed by atoms with Crippen molar-refractivity contribution in [2.24, 2.45) is 5.41 Å². The minimum absolute atomic E-state index is 0.279. The molecule has 86 valence electrons. The van der Waals surface area contributed by atoms with Crippen molar-refractivity contribution in [2.75, 3.05) is 12.8 Å². The number of thioether (sulfide) groups is 1. The van der Waals surface area contributed by atoms with Crippen LogP contribution in [0.2, 0.25) is 0 Å². The van der Waals surface area contributed by atoms with Crippen LogP contribution in [0.4, 0.5) is 0 Å². The van der Waals surface area contributed by atoms with E-state index in [2.05, 4.69) is 36.3 Å². The SMILES string of the molecule is CNC(CSc1nnc(C)s1)C(C)(C)C. The highest BCUT2D eigenvalue weighted by molar-refractivity contribution is 8.01. The first kappa shape index (κ1) is 12.9. The van der Waals surface area contributed by atoms with Crippen LogP contribution in [0.5, 0.6) is 0 Å². The Bertz CT molecular complexity index is 304. The number of aryl methyl sites for hydroxylation is 1. The highest BCUT2D eigenvalue weighted by atomic mass is 32.2. The molecule has 0 fully saturated rings. The van der Waals surface area contributed by atoms with Crippen LogP contribution in [0.1, 0.15) is 25.8 Å². The first-order valence-electron chi connectivity index (χ1n) is 5.03. The second-order valence-electron chi connectivity index (χ2n) is 4.61. The molecular weight excluding hydrogens is 226 g/mol. The Morgan fingerprint density at radius 1 is 1.40 bits per heavy atom. The number of rotatable bonds is 4. The number of hydrogen-bond donors (Lipinski definition) is 1. The fourth-order valence-electron chi connectivity index (χ4n) is 1.26. The predicted octanol–water partition coefficient (Wildman–Crippen LogP) is 2.57. The Kier molecular flexibility index (Phi) is 4.55. The molecule has 0 amide bonds. The standard InChI is InChI=1S/C10H19N3S2/c1-7-12-13-9(15-7)14-6-8(11-5)10(2,3)4/h8,11H,6H2,1-5H3. The summed E-state index contributed by atoms with van der Waals surface area (Å²) in [7, 11) is 2.02. The number of aromatic nitrogens is 2. The molecule has 0 aliphatic heterocycles. The van der Waals surface area contributed by atoms with Gasteiger partial charge in [0.25, 0.3) is 0 Å². The smallest absolute Gasteiger partial charge is 0.174 e. The zero-order chi connectivity index (χ0) is 11.5. The van der Waals surface area contributed by atoms with E-state index in [1.807, 2.05) is 14.0 Å². The van der Waals surface area contributed by atoms with E-state index in [-0.39, 0.29) is 5.41 Å². The fraction of sp³-hybridized carbons (Fsp3) is 0.800. The minimum atomic E-state index is 0.279. The van der Waals surface area contributed by atoms with Gasteiger partial charge < -0.3 is 5.32 Å². The summed E-state index contributed by atoms with van der Waals surface area (Å²) in [6.07, 6.45) is 0. The van der Waals surface area contributed by atoms with Crippen molar-refractivity contribution in [3.63, 3.8) is 0 Å². The van der Waals surface area contributed by atoms with Crippen LogP contribution in [-0.4, -0.2) is 29.0 Å². The van der Waals surface area contributed by atoms with Crippen LogP contribution in [-0.2, 0) is 0 Å². The van der Waals surface area contributed by atoms with Gasteiger partial charge in [-0.05, 0) is 19.4 Å². The Morgan fingerprint density at radius 3 is 2.47 bits per heavy atom. The van der Waals surface area contributed by atoms with Crippen LogP contribution in [0, 0.1) is 12.3 Å². The van der Waals surface area contributed by atoms with Gasteiger partial charge in [-0.1, -0.05) is 43.9 Å². The fourth-order valence-corrected chi connectivity index (χ4v) is 3.55. The molecule has 0 aliphatic carbocycles.